The number of benzene rings is 6. The van der Waals surface area contributed by atoms with Gasteiger partial charge in [-0.1, -0.05) is 97.1 Å². The van der Waals surface area contributed by atoms with Crippen LogP contribution in [0.3, 0.4) is 0 Å². The zero-order valence-corrected chi connectivity index (χ0v) is 36.4. The van der Waals surface area contributed by atoms with Crippen LogP contribution in [-0.4, -0.2) is 44.7 Å². The molecular formula is C56H40N4O8. The van der Waals surface area contributed by atoms with Gasteiger partial charge in [0.05, 0.1) is 44.5 Å². The molecule has 0 bridgehead atoms. The number of carbonyl (C=O) groups is 6. The van der Waals surface area contributed by atoms with Crippen LogP contribution in [0.1, 0.15) is 66.9 Å². The van der Waals surface area contributed by atoms with Gasteiger partial charge in [0.25, 0.3) is 23.6 Å². The molecule has 6 aromatic carbocycles. The summed E-state index contributed by atoms with van der Waals surface area (Å²) in [5.74, 6) is -1.87. The van der Waals surface area contributed by atoms with Crippen molar-refractivity contribution in [2.75, 3.05) is 0 Å². The summed E-state index contributed by atoms with van der Waals surface area (Å²) in [6.45, 7) is 1.76. The smallest absolute Gasteiger partial charge is 0.343 e. The zero-order valence-electron chi connectivity index (χ0n) is 36.4. The third kappa shape index (κ3) is 7.47. The lowest BCUT2D eigenvalue weighted by Gasteiger charge is -2.14. The van der Waals surface area contributed by atoms with E-state index in [1.54, 1.807) is 97.1 Å². The summed E-state index contributed by atoms with van der Waals surface area (Å²) >= 11 is 0. The summed E-state index contributed by atoms with van der Waals surface area (Å²) in [4.78, 5) is 76.1. The van der Waals surface area contributed by atoms with E-state index in [4.69, 9.17) is 9.47 Å². The standard InChI is InChI=1S/2C28H20N2O4/c2*31-26-23(17-11-13-20(14-12-17)34-28(33)19-6-2-1-3-7-19)24(27(32)29-26)22-16-30-15-5-9-18-8-4-10-21(22)25(18)30/h2*1-4,6-8,10-14,16H,5,9,15H2,(H,29,31,32). The minimum atomic E-state index is -0.462. The molecule has 0 saturated heterocycles. The van der Waals surface area contributed by atoms with Crippen LogP contribution in [-0.2, 0) is 45.1 Å². The number of carbonyl (C=O) groups excluding carboxylic acids is 6. The van der Waals surface area contributed by atoms with E-state index in [-0.39, 0.29) is 0 Å². The van der Waals surface area contributed by atoms with Gasteiger partial charge in [-0.3, -0.25) is 29.8 Å². The van der Waals surface area contributed by atoms with Gasteiger partial charge in [-0.2, -0.15) is 0 Å². The molecule has 2 N–H and O–H groups in total. The maximum Gasteiger partial charge on any atom is 0.343 e. The molecule has 12 rings (SSSR count). The molecule has 0 unspecified atom stereocenters. The molecule has 2 aromatic heterocycles. The van der Waals surface area contributed by atoms with E-state index >= 15 is 0 Å². The van der Waals surface area contributed by atoms with Crippen LogP contribution in [0.2, 0.25) is 0 Å². The Morgan fingerprint density at radius 2 is 0.809 bits per heavy atom. The second kappa shape index (κ2) is 17.1. The van der Waals surface area contributed by atoms with Crippen molar-refractivity contribution in [2.45, 2.75) is 38.8 Å². The topological polar surface area (TPSA) is 155 Å². The highest BCUT2D eigenvalue weighted by Crippen LogP contribution is 2.40. The first kappa shape index (κ1) is 41.8. The SMILES string of the molecule is O=C1NC(=O)C(c2cn3c4c(cccc24)CCC3)=C1c1ccc(OC(=O)c2ccccc2)cc1.O=C1NC(=O)C(c2cn3c4c(cccc24)CCC3)=C1c1ccc(OC(=O)c2ccccc2)cc1. The number of amides is 4. The maximum absolute atomic E-state index is 12.9. The van der Waals surface area contributed by atoms with E-state index in [9.17, 15) is 28.8 Å². The predicted octanol–water partition coefficient (Wildman–Crippen LogP) is 8.75. The molecule has 0 radical (unpaired) electrons. The van der Waals surface area contributed by atoms with E-state index in [0.29, 0.717) is 56.0 Å². The third-order valence-corrected chi connectivity index (χ3v) is 12.8. The van der Waals surface area contributed by atoms with Crippen molar-refractivity contribution in [1.82, 2.24) is 19.8 Å². The number of nitrogens with zero attached hydrogens (tertiary/aromatic N) is 2. The number of hydrogen-bond donors (Lipinski definition) is 2. The largest absolute Gasteiger partial charge is 0.423 e. The Bertz CT molecular complexity index is 3260. The van der Waals surface area contributed by atoms with Crippen molar-refractivity contribution in [3.8, 4) is 11.5 Å². The van der Waals surface area contributed by atoms with E-state index in [0.717, 1.165) is 71.7 Å². The lowest BCUT2D eigenvalue weighted by molar-refractivity contribution is -0.124. The molecule has 0 saturated carbocycles. The predicted molar refractivity (Wildman–Crippen MR) is 256 cm³/mol. The van der Waals surface area contributed by atoms with Crippen LogP contribution < -0.4 is 20.1 Å². The van der Waals surface area contributed by atoms with Gasteiger partial charge in [-0.15, -0.1) is 0 Å². The van der Waals surface area contributed by atoms with Crippen molar-refractivity contribution in [3.63, 3.8) is 0 Å². The Morgan fingerprint density at radius 1 is 0.426 bits per heavy atom. The summed E-state index contributed by atoms with van der Waals surface area (Å²) < 4.78 is 15.2. The molecule has 8 aromatic rings. The number of esters is 2. The van der Waals surface area contributed by atoms with Crippen LogP contribution in [0.5, 0.6) is 11.5 Å². The fraction of sp³-hybridized carbons (Fsp3) is 0.107. The Balaban J connectivity index is 0.000000149. The Hall–Kier alpha value is -8.90. The average Bonchev–Trinajstić information content (AvgIpc) is 4.10. The van der Waals surface area contributed by atoms with Gasteiger partial charge in [0, 0.05) is 47.4 Å². The molecule has 6 heterocycles. The van der Waals surface area contributed by atoms with Crippen LogP contribution in [0.4, 0.5) is 0 Å². The number of aryl methyl sites for hydroxylation is 4. The maximum atomic E-state index is 12.9. The van der Waals surface area contributed by atoms with Crippen LogP contribution in [0.25, 0.3) is 44.1 Å². The number of ether oxygens (including phenoxy) is 2. The lowest BCUT2D eigenvalue weighted by atomic mass is 9.95. The minimum Gasteiger partial charge on any atom is -0.423 e. The first-order valence-corrected chi connectivity index (χ1v) is 22.4. The van der Waals surface area contributed by atoms with E-state index in [1.807, 2.05) is 48.8 Å². The Labute approximate surface area is 389 Å². The highest BCUT2D eigenvalue weighted by Gasteiger charge is 2.36. The number of nitrogens with one attached hydrogen (secondary N) is 2. The molecule has 12 nitrogen and oxygen atoms in total. The molecule has 0 fully saturated rings. The fourth-order valence-electron chi connectivity index (χ4n) is 9.74. The number of imide groups is 2. The average molecular weight is 897 g/mol. The Kier molecular flexibility index (Phi) is 10.5. The summed E-state index contributed by atoms with van der Waals surface area (Å²) in [6, 6.07) is 43.0. The summed E-state index contributed by atoms with van der Waals surface area (Å²) in [5.41, 5.74) is 9.78. The van der Waals surface area contributed by atoms with Gasteiger partial charge in [-0.05, 0) is 96.5 Å². The Morgan fingerprint density at radius 3 is 1.21 bits per heavy atom. The number of aromatic nitrogens is 2. The third-order valence-electron chi connectivity index (χ3n) is 12.8. The zero-order chi connectivity index (χ0) is 46.5. The summed E-state index contributed by atoms with van der Waals surface area (Å²) in [7, 11) is 0. The normalized spacial score (nSPS) is 15.1. The molecule has 4 amide bonds. The van der Waals surface area contributed by atoms with Crippen molar-refractivity contribution in [3.05, 3.63) is 202 Å². The van der Waals surface area contributed by atoms with Gasteiger partial charge >= 0.3 is 11.9 Å². The van der Waals surface area contributed by atoms with E-state index < -0.39 is 35.6 Å². The van der Waals surface area contributed by atoms with Crippen molar-refractivity contribution < 1.29 is 38.2 Å². The molecular weight excluding hydrogens is 857 g/mol. The van der Waals surface area contributed by atoms with Crippen molar-refractivity contribution in [2.24, 2.45) is 0 Å². The van der Waals surface area contributed by atoms with Crippen LogP contribution in [0.15, 0.2) is 158 Å². The fourth-order valence-corrected chi connectivity index (χ4v) is 9.74. The quantitative estimate of drug-likeness (QED) is 0.0872. The summed E-state index contributed by atoms with van der Waals surface area (Å²) in [6.07, 6.45) is 8.05. The molecule has 68 heavy (non-hydrogen) atoms. The molecule has 0 aliphatic carbocycles. The molecule has 4 aliphatic heterocycles. The minimum absolute atomic E-state index is 0.328. The van der Waals surface area contributed by atoms with E-state index in [1.165, 1.54) is 11.1 Å². The molecule has 12 heteroatoms. The van der Waals surface area contributed by atoms with Crippen LogP contribution >= 0.6 is 0 Å². The number of hydrogen-bond acceptors (Lipinski definition) is 8. The van der Waals surface area contributed by atoms with Gasteiger partial charge in [0.15, 0.2) is 0 Å². The lowest BCUT2D eigenvalue weighted by Crippen LogP contribution is -2.22. The van der Waals surface area contributed by atoms with Gasteiger partial charge in [0.1, 0.15) is 11.5 Å². The molecule has 0 spiro atoms. The number of para-hydroxylation sites is 2. The first-order chi connectivity index (χ1) is 33.2. The second-order valence-electron chi connectivity index (χ2n) is 16.9. The van der Waals surface area contributed by atoms with Crippen molar-refractivity contribution >= 4 is 79.7 Å². The van der Waals surface area contributed by atoms with Gasteiger partial charge in [-0.25, -0.2) is 9.59 Å². The summed E-state index contributed by atoms with van der Waals surface area (Å²) in [5, 5.41) is 6.87. The number of rotatable bonds is 8. The van der Waals surface area contributed by atoms with Gasteiger partial charge in [0.2, 0.25) is 0 Å². The first-order valence-electron chi connectivity index (χ1n) is 22.4. The van der Waals surface area contributed by atoms with Crippen LogP contribution in [0, 0.1) is 0 Å². The molecule has 0 atom stereocenters. The molecule has 4 aliphatic rings. The van der Waals surface area contributed by atoms with Crippen molar-refractivity contribution in [1.29, 1.82) is 0 Å². The van der Waals surface area contributed by atoms with Gasteiger partial charge < -0.3 is 18.6 Å². The highest BCUT2D eigenvalue weighted by atomic mass is 16.5. The molecule has 332 valence electrons. The second-order valence-corrected chi connectivity index (χ2v) is 16.9. The monoisotopic (exact) mass is 896 g/mol. The highest BCUT2D eigenvalue weighted by molar-refractivity contribution is 6.51. The van der Waals surface area contributed by atoms with E-state index in [2.05, 4.69) is 31.9 Å².